The number of amides is 1. The molecule has 1 fully saturated rings. The van der Waals surface area contributed by atoms with E-state index in [0.717, 1.165) is 36.6 Å². The molecular weight excluding hydrogens is 364 g/mol. The minimum Gasteiger partial charge on any atom is -0.344 e. The van der Waals surface area contributed by atoms with Crippen LogP contribution in [0.5, 0.6) is 0 Å². The zero-order valence-electron chi connectivity index (χ0n) is 16.2. The summed E-state index contributed by atoms with van der Waals surface area (Å²) in [5, 5.41) is 7.07. The van der Waals surface area contributed by atoms with Crippen molar-refractivity contribution in [3.63, 3.8) is 0 Å². The Bertz CT molecular complexity index is 975. The Morgan fingerprint density at radius 1 is 1.21 bits per heavy atom. The van der Waals surface area contributed by atoms with Crippen molar-refractivity contribution in [1.29, 1.82) is 0 Å². The number of halogens is 2. The predicted molar refractivity (Wildman–Crippen MR) is 99.6 cm³/mol. The maximum absolute atomic E-state index is 14.4. The van der Waals surface area contributed by atoms with Gasteiger partial charge in [-0.25, -0.2) is 13.5 Å². The molecular formula is C21H23F2N3O2. The van der Waals surface area contributed by atoms with Crippen LogP contribution in [0.15, 0.2) is 18.2 Å². The number of benzene rings is 1. The van der Waals surface area contributed by atoms with E-state index in [1.165, 1.54) is 16.8 Å². The van der Waals surface area contributed by atoms with Gasteiger partial charge in [0.15, 0.2) is 17.3 Å². The van der Waals surface area contributed by atoms with Crippen LogP contribution in [0, 0.1) is 17.0 Å². The molecule has 1 N–H and O–H groups in total. The van der Waals surface area contributed by atoms with Gasteiger partial charge in [-0.1, -0.05) is 20.8 Å². The van der Waals surface area contributed by atoms with E-state index in [4.69, 9.17) is 0 Å². The lowest BCUT2D eigenvalue weighted by Gasteiger charge is -2.17. The van der Waals surface area contributed by atoms with Crippen molar-refractivity contribution in [1.82, 2.24) is 15.1 Å². The van der Waals surface area contributed by atoms with Gasteiger partial charge in [0.25, 0.3) is 5.91 Å². The standard InChI is InChI=1S/C21H23F2N3O2/c1-21(2,3)16(27)10-24-20(28)18-17-11-4-5-12(8-11)19(17)26(25-18)15-7-6-13(22)9-14(15)23/h6-7,9,11-12H,4-5,8,10H2,1-3H3,(H,24,28)/t11-,12+/m1/s1. The van der Waals surface area contributed by atoms with Crippen molar-refractivity contribution in [2.24, 2.45) is 5.41 Å². The van der Waals surface area contributed by atoms with Crippen LogP contribution in [0.25, 0.3) is 5.69 Å². The van der Waals surface area contributed by atoms with Crippen molar-refractivity contribution >= 4 is 11.7 Å². The average molecular weight is 387 g/mol. The fourth-order valence-corrected chi connectivity index (χ4v) is 4.24. The minimum atomic E-state index is -0.719. The van der Waals surface area contributed by atoms with E-state index < -0.39 is 23.0 Å². The highest BCUT2D eigenvalue weighted by Crippen LogP contribution is 2.54. The lowest BCUT2D eigenvalue weighted by Crippen LogP contribution is -2.36. The molecule has 28 heavy (non-hydrogen) atoms. The van der Waals surface area contributed by atoms with Crippen LogP contribution < -0.4 is 5.32 Å². The molecule has 0 aliphatic heterocycles. The number of aromatic nitrogens is 2. The third-order valence-corrected chi connectivity index (χ3v) is 5.79. The first-order valence-electron chi connectivity index (χ1n) is 9.56. The number of hydrogen-bond acceptors (Lipinski definition) is 3. The highest BCUT2D eigenvalue weighted by molar-refractivity contribution is 5.98. The molecule has 0 radical (unpaired) electrons. The van der Waals surface area contributed by atoms with Gasteiger partial charge in [0, 0.05) is 23.0 Å². The Morgan fingerprint density at radius 3 is 2.61 bits per heavy atom. The van der Waals surface area contributed by atoms with E-state index in [1.54, 1.807) is 20.8 Å². The zero-order chi connectivity index (χ0) is 20.2. The summed E-state index contributed by atoms with van der Waals surface area (Å²) in [7, 11) is 0. The summed E-state index contributed by atoms with van der Waals surface area (Å²) in [6.45, 7) is 5.31. The molecule has 5 nitrogen and oxygen atoms in total. The number of carbonyl (C=O) groups excluding carboxylic acids is 2. The molecule has 7 heteroatoms. The van der Waals surface area contributed by atoms with Crippen LogP contribution >= 0.6 is 0 Å². The number of ketones is 1. The first-order valence-corrected chi connectivity index (χ1v) is 9.56. The molecule has 1 amide bonds. The first-order chi connectivity index (χ1) is 13.2. The van der Waals surface area contributed by atoms with Crippen LogP contribution in [0.2, 0.25) is 0 Å². The maximum atomic E-state index is 14.4. The normalized spacial score (nSPS) is 20.3. The number of hydrogen-bond donors (Lipinski definition) is 1. The van der Waals surface area contributed by atoms with Crippen LogP contribution in [0.3, 0.4) is 0 Å². The molecule has 2 bridgehead atoms. The molecule has 148 valence electrons. The van der Waals surface area contributed by atoms with Gasteiger partial charge < -0.3 is 5.32 Å². The highest BCUT2D eigenvalue weighted by atomic mass is 19.1. The largest absolute Gasteiger partial charge is 0.344 e. The van der Waals surface area contributed by atoms with Crippen LogP contribution in [-0.4, -0.2) is 28.0 Å². The second-order valence-corrected chi connectivity index (χ2v) is 8.72. The van der Waals surface area contributed by atoms with E-state index in [0.29, 0.717) is 0 Å². The summed E-state index contributed by atoms with van der Waals surface area (Å²) in [5.41, 5.74) is 1.52. The monoisotopic (exact) mass is 387 g/mol. The summed E-state index contributed by atoms with van der Waals surface area (Å²) in [6.07, 6.45) is 2.85. The lowest BCUT2D eigenvalue weighted by atomic mass is 9.91. The SMILES string of the molecule is CC(C)(C)C(=O)CNC(=O)c1nn(-c2ccc(F)cc2F)c2c1[C@@H]1CC[C@H]2C1. The number of nitrogens with zero attached hydrogens (tertiary/aromatic N) is 2. The third-order valence-electron chi connectivity index (χ3n) is 5.79. The summed E-state index contributed by atoms with van der Waals surface area (Å²) < 4.78 is 29.2. The molecule has 2 atom stereocenters. The second-order valence-electron chi connectivity index (χ2n) is 8.72. The van der Waals surface area contributed by atoms with Crippen LogP contribution in [0.4, 0.5) is 8.78 Å². The molecule has 1 saturated carbocycles. The topological polar surface area (TPSA) is 64.0 Å². The smallest absolute Gasteiger partial charge is 0.272 e. The molecule has 4 rings (SSSR count). The number of fused-ring (bicyclic) bond motifs is 5. The highest BCUT2D eigenvalue weighted by Gasteiger charge is 2.44. The Labute approximate surface area is 162 Å². The van der Waals surface area contributed by atoms with Gasteiger partial charge in [-0.2, -0.15) is 5.10 Å². The Hall–Kier alpha value is -2.57. The molecule has 1 heterocycles. The van der Waals surface area contributed by atoms with Gasteiger partial charge in [0.2, 0.25) is 0 Å². The fourth-order valence-electron chi connectivity index (χ4n) is 4.24. The van der Waals surface area contributed by atoms with Gasteiger partial charge in [-0.15, -0.1) is 0 Å². The van der Waals surface area contributed by atoms with E-state index >= 15 is 0 Å². The molecule has 2 aliphatic rings. The maximum Gasteiger partial charge on any atom is 0.272 e. The molecule has 1 aromatic heterocycles. The Kier molecular flexibility index (Phi) is 4.36. The van der Waals surface area contributed by atoms with E-state index in [-0.39, 0.29) is 35.5 Å². The fraction of sp³-hybridized carbons (Fsp3) is 0.476. The Balaban J connectivity index is 1.71. The minimum absolute atomic E-state index is 0.0804. The van der Waals surface area contributed by atoms with Crippen molar-refractivity contribution in [2.45, 2.75) is 51.9 Å². The van der Waals surface area contributed by atoms with E-state index in [1.807, 2.05) is 0 Å². The van der Waals surface area contributed by atoms with E-state index in [2.05, 4.69) is 10.4 Å². The van der Waals surface area contributed by atoms with Gasteiger partial charge in [-0.05, 0) is 37.3 Å². The molecule has 0 spiro atoms. The lowest BCUT2D eigenvalue weighted by molar-refractivity contribution is -0.125. The second kappa shape index (κ2) is 6.50. The summed E-state index contributed by atoms with van der Waals surface area (Å²) in [6, 6.07) is 3.34. The summed E-state index contributed by atoms with van der Waals surface area (Å²) >= 11 is 0. The number of nitrogens with one attached hydrogen (secondary N) is 1. The summed E-state index contributed by atoms with van der Waals surface area (Å²) in [5.74, 6) is -1.45. The van der Waals surface area contributed by atoms with Gasteiger partial charge in [-0.3, -0.25) is 9.59 Å². The molecule has 2 aliphatic carbocycles. The molecule has 0 saturated heterocycles. The van der Waals surface area contributed by atoms with Crippen molar-refractivity contribution in [3.8, 4) is 5.69 Å². The van der Waals surface area contributed by atoms with Crippen molar-refractivity contribution < 1.29 is 18.4 Å². The first kappa shape index (κ1) is 18.8. The van der Waals surface area contributed by atoms with Crippen LogP contribution in [0.1, 0.15) is 73.6 Å². The van der Waals surface area contributed by atoms with Crippen LogP contribution in [-0.2, 0) is 4.79 Å². The number of carbonyl (C=O) groups is 2. The van der Waals surface area contributed by atoms with Gasteiger partial charge in [0.05, 0.1) is 12.2 Å². The summed E-state index contributed by atoms with van der Waals surface area (Å²) in [4.78, 5) is 24.9. The molecule has 0 unspecified atom stereocenters. The molecule has 1 aromatic carbocycles. The van der Waals surface area contributed by atoms with Gasteiger partial charge in [0.1, 0.15) is 11.5 Å². The van der Waals surface area contributed by atoms with Gasteiger partial charge >= 0.3 is 0 Å². The number of Topliss-reactive ketones (excluding diaryl/α,β-unsaturated/α-hetero) is 1. The van der Waals surface area contributed by atoms with E-state index in [9.17, 15) is 18.4 Å². The zero-order valence-corrected chi connectivity index (χ0v) is 16.2. The quantitative estimate of drug-likeness (QED) is 0.866. The van der Waals surface area contributed by atoms with Crippen molar-refractivity contribution in [2.75, 3.05) is 6.54 Å². The molecule has 2 aromatic rings. The van der Waals surface area contributed by atoms with Crippen molar-refractivity contribution in [3.05, 3.63) is 46.8 Å². The average Bonchev–Trinajstić information content (AvgIpc) is 3.31. The number of rotatable bonds is 4. The predicted octanol–water partition coefficient (Wildman–Crippen LogP) is 3.86. The Morgan fingerprint density at radius 2 is 1.93 bits per heavy atom. The third kappa shape index (κ3) is 3.02.